The van der Waals surface area contributed by atoms with Gasteiger partial charge < -0.3 is 0 Å². The van der Waals surface area contributed by atoms with E-state index in [1.165, 1.54) is 17.5 Å². The van der Waals surface area contributed by atoms with Gasteiger partial charge in [-0.25, -0.2) is 0 Å². The van der Waals surface area contributed by atoms with Crippen molar-refractivity contribution in [1.82, 2.24) is 10.2 Å². The number of nitrogens with zero attached hydrogens (tertiary/aromatic N) is 3. The summed E-state index contributed by atoms with van der Waals surface area (Å²) in [6.45, 7) is 10.3. The maximum absolute atomic E-state index is 4.54. The van der Waals surface area contributed by atoms with Crippen LogP contribution in [0.25, 0.3) is 17.3 Å². The van der Waals surface area contributed by atoms with Crippen LogP contribution >= 0.6 is 0 Å². The highest BCUT2D eigenvalue weighted by atomic mass is 15.1. The molecular weight excluding hydrogens is 330 g/mol. The molecule has 0 fully saturated rings. The van der Waals surface area contributed by atoms with Gasteiger partial charge in [0.15, 0.2) is 0 Å². The van der Waals surface area contributed by atoms with Crippen LogP contribution < -0.4 is 0 Å². The summed E-state index contributed by atoms with van der Waals surface area (Å²) in [5.74, 6) is 0. The van der Waals surface area contributed by atoms with Gasteiger partial charge >= 0.3 is 0 Å². The van der Waals surface area contributed by atoms with Crippen LogP contribution in [0.1, 0.15) is 56.5 Å². The van der Waals surface area contributed by atoms with Crippen LogP contribution in [0.15, 0.2) is 59.8 Å². The van der Waals surface area contributed by atoms with Crippen molar-refractivity contribution in [3.63, 3.8) is 0 Å². The van der Waals surface area contributed by atoms with Crippen molar-refractivity contribution in [2.24, 2.45) is 4.99 Å². The van der Waals surface area contributed by atoms with E-state index >= 15 is 0 Å². The molecule has 3 heteroatoms. The van der Waals surface area contributed by atoms with Crippen molar-refractivity contribution < 1.29 is 0 Å². The van der Waals surface area contributed by atoms with Gasteiger partial charge in [0.2, 0.25) is 0 Å². The van der Waals surface area contributed by atoms with Gasteiger partial charge in [-0.3, -0.25) is 4.99 Å². The molecule has 0 bridgehead atoms. The molecule has 0 amide bonds. The van der Waals surface area contributed by atoms with E-state index < -0.39 is 0 Å². The molecule has 1 aromatic heterocycles. The molecule has 0 spiro atoms. The molecule has 0 saturated carbocycles. The lowest BCUT2D eigenvalue weighted by molar-refractivity contribution is 0.990. The Bertz CT molecular complexity index is 869. The van der Waals surface area contributed by atoms with Gasteiger partial charge in [0.1, 0.15) is 5.69 Å². The maximum atomic E-state index is 4.54. The molecule has 0 atom stereocenters. The summed E-state index contributed by atoms with van der Waals surface area (Å²) in [6.07, 6.45) is 14.2. The van der Waals surface area contributed by atoms with Crippen molar-refractivity contribution in [2.75, 3.05) is 0 Å². The summed E-state index contributed by atoms with van der Waals surface area (Å²) >= 11 is 0. The Morgan fingerprint density at radius 1 is 1.11 bits per heavy atom. The van der Waals surface area contributed by atoms with Crippen LogP contribution in [0.2, 0.25) is 0 Å². The highest BCUT2D eigenvalue weighted by Crippen LogP contribution is 2.28. The number of aryl methyl sites for hydroxylation is 1. The SMILES string of the molecule is C/C=C\N=C(C)c1nnc(-c2ccc(C)cc2)c2c1C=CC=CC2.CCC. The zero-order chi connectivity index (χ0) is 19.6. The van der Waals surface area contributed by atoms with Crippen LogP contribution in [0.5, 0.6) is 0 Å². The minimum Gasteiger partial charge on any atom is -0.260 e. The predicted octanol–water partition coefficient (Wildman–Crippen LogP) is 6.34. The van der Waals surface area contributed by atoms with Gasteiger partial charge in [-0.15, -0.1) is 10.2 Å². The average Bonchev–Trinajstić information content (AvgIpc) is 2.93. The van der Waals surface area contributed by atoms with Gasteiger partial charge in [-0.05, 0) is 32.8 Å². The molecular formula is C24H29N3. The zero-order valence-corrected chi connectivity index (χ0v) is 17.0. The fourth-order valence-electron chi connectivity index (χ4n) is 2.75. The molecule has 1 aromatic carbocycles. The van der Waals surface area contributed by atoms with Gasteiger partial charge in [-0.2, -0.15) is 0 Å². The zero-order valence-electron chi connectivity index (χ0n) is 17.0. The third-order valence-electron chi connectivity index (χ3n) is 4.03. The van der Waals surface area contributed by atoms with E-state index in [1.807, 2.05) is 19.9 Å². The van der Waals surface area contributed by atoms with E-state index in [4.69, 9.17) is 0 Å². The number of fused-ring (bicyclic) bond motifs is 1. The first-order valence-electron chi connectivity index (χ1n) is 9.58. The lowest BCUT2D eigenvalue weighted by Gasteiger charge is -2.13. The molecule has 2 aromatic rings. The van der Waals surface area contributed by atoms with E-state index in [-0.39, 0.29) is 0 Å². The fourth-order valence-corrected chi connectivity index (χ4v) is 2.75. The summed E-state index contributed by atoms with van der Waals surface area (Å²) in [7, 11) is 0. The number of rotatable bonds is 3. The van der Waals surface area contributed by atoms with E-state index in [1.54, 1.807) is 6.20 Å². The van der Waals surface area contributed by atoms with Gasteiger partial charge in [0.25, 0.3) is 0 Å². The van der Waals surface area contributed by atoms with Gasteiger partial charge in [0.05, 0.1) is 11.4 Å². The molecule has 0 radical (unpaired) electrons. The molecule has 0 aliphatic heterocycles. The summed E-state index contributed by atoms with van der Waals surface area (Å²) < 4.78 is 0. The number of allylic oxidation sites excluding steroid dienone is 4. The Morgan fingerprint density at radius 2 is 1.81 bits per heavy atom. The second-order valence-corrected chi connectivity index (χ2v) is 6.55. The van der Waals surface area contributed by atoms with E-state index in [0.29, 0.717) is 0 Å². The van der Waals surface area contributed by atoms with Gasteiger partial charge in [0, 0.05) is 17.3 Å². The summed E-state index contributed by atoms with van der Waals surface area (Å²) in [5.41, 5.74) is 7.31. The minimum absolute atomic E-state index is 0.838. The first kappa shape index (κ1) is 20.5. The number of hydrogen-bond donors (Lipinski definition) is 0. The largest absolute Gasteiger partial charge is 0.260 e. The Kier molecular flexibility index (Phi) is 7.87. The Hall–Kier alpha value is -2.81. The average molecular weight is 360 g/mol. The number of benzene rings is 1. The van der Waals surface area contributed by atoms with Crippen molar-refractivity contribution in [1.29, 1.82) is 0 Å². The molecule has 1 aliphatic carbocycles. The number of hydrogen-bond acceptors (Lipinski definition) is 3. The van der Waals surface area contributed by atoms with Crippen molar-refractivity contribution in [3.05, 3.63) is 77.2 Å². The van der Waals surface area contributed by atoms with Crippen molar-refractivity contribution >= 4 is 11.8 Å². The van der Waals surface area contributed by atoms with Gasteiger partial charge in [-0.1, -0.05) is 80.5 Å². The highest BCUT2D eigenvalue weighted by molar-refractivity contribution is 6.01. The first-order chi connectivity index (χ1) is 13.1. The highest BCUT2D eigenvalue weighted by Gasteiger charge is 2.17. The van der Waals surface area contributed by atoms with E-state index in [9.17, 15) is 0 Å². The molecule has 1 heterocycles. The lowest BCUT2D eigenvalue weighted by Crippen LogP contribution is -2.09. The number of aliphatic imine (C=N–C) groups is 1. The fraction of sp³-hybridized carbons (Fsp3) is 0.292. The second kappa shape index (κ2) is 10.4. The van der Waals surface area contributed by atoms with E-state index in [0.717, 1.165) is 34.6 Å². The normalized spacial score (nSPS) is 13.1. The Morgan fingerprint density at radius 3 is 2.48 bits per heavy atom. The predicted molar refractivity (Wildman–Crippen MR) is 117 cm³/mol. The standard InChI is InChI=1S/C21H21N3.C3H8/c1-4-14-22-16(3)20-18-8-6-5-7-9-19(18)21(24-23-20)17-12-10-15(2)11-13-17;1-3-2/h4-8,10-14H,9H2,1-3H3;3H2,1-2H3/b14-4-,22-16?;. The Balaban J connectivity index is 0.000000817. The van der Waals surface area contributed by atoms with Crippen LogP contribution in [-0.2, 0) is 6.42 Å². The quantitative estimate of drug-likeness (QED) is 0.600. The molecule has 0 saturated heterocycles. The maximum Gasteiger partial charge on any atom is 0.114 e. The molecule has 140 valence electrons. The number of aromatic nitrogens is 2. The molecule has 3 nitrogen and oxygen atoms in total. The summed E-state index contributed by atoms with van der Waals surface area (Å²) in [5, 5.41) is 9.03. The smallest absolute Gasteiger partial charge is 0.114 e. The second-order valence-electron chi connectivity index (χ2n) is 6.55. The minimum atomic E-state index is 0.838. The van der Waals surface area contributed by atoms with Crippen molar-refractivity contribution in [3.8, 4) is 11.3 Å². The molecule has 0 N–H and O–H groups in total. The monoisotopic (exact) mass is 359 g/mol. The lowest BCUT2D eigenvalue weighted by atomic mass is 9.96. The van der Waals surface area contributed by atoms with Crippen molar-refractivity contribution in [2.45, 2.75) is 47.5 Å². The third kappa shape index (κ3) is 5.33. The molecule has 0 unspecified atom stereocenters. The summed E-state index contributed by atoms with van der Waals surface area (Å²) in [6, 6.07) is 8.44. The third-order valence-corrected chi connectivity index (χ3v) is 4.03. The molecule has 1 aliphatic rings. The topological polar surface area (TPSA) is 38.1 Å². The van der Waals surface area contributed by atoms with Crippen LogP contribution in [0.3, 0.4) is 0 Å². The molecule has 27 heavy (non-hydrogen) atoms. The van der Waals surface area contributed by atoms with Crippen LogP contribution in [-0.4, -0.2) is 15.9 Å². The Labute approximate surface area is 163 Å². The van der Waals surface area contributed by atoms with E-state index in [2.05, 4.69) is 84.5 Å². The first-order valence-corrected chi connectivity index (χ1v) is 9.58. The van der Waals surface area contributed by atoms with Crippen LogP contribution in [0.4, 0.5) is 0 Å². The van der Waals surface area contributed by atoms with Crippen LogP contribution in [0, 0.1) is 6.92 Å². The summed E-state index contributed by atoms with van der Waals surface area (Å²) in [4.78, 5) is 4.44. The molecule has 3 rings (SSSR count).